The first kappa shape index (κ1) is 17.1. The molecule has 0 amide bonds. The smallest absolute Gasteiger partial charge is 0.434 e. The molecule has 3 atom stereocenters. The van der Waals surface area contributed by atoms with Gasteiger partial charge in [-0.2, -0.15) is 26.3 Å². The molecule has 118 valence electrons. The van der Waals surface area contributed by atoms with Gasteiger partial charge in [-0.25, -0.2) is 0 Å². The molecular formula is C12H16F6O2. The molecule has 2 nitrogen and oxygen atoms in total. The predicted octanol–water partition coefficient (Wildman–Crippen LogP) is 4.10. The van der Waals surface area contributed by atoms with Crippen molar-refractivity contribution >= 4 is 5.97 Å². The minimum Gasteiger partial charge on any atom is -0.443 e. The molecule has 1 aliphatic rings. The largest absolute Gasteiger partial charge is 0.443 e. The summed E-state index contributed by atoms with van der Waals surface area (Å²) in [5, 5.41) is 0. The third kappa shape index (κ3) is 4.28. The van der Waals surface area contributed by atoms with E-state index in [0.29, 0.717) is 12.3 Å². The van der Waals surface area contributed by atoms with Crippen LogP contribution in [0.25, 0.3) is 0 Å². The van der Waals surface area contributed by atoms with Gasteiger partial charge in [0, 0.05) is 0 Å². The molecule has 0 aliphatic heterocycles. The molecule has 1 aliphatic carbocycles. The van der Waals surface area contributed by atoms with Crippen molar-refractivity contribution in [1.82, 2.24) is 0 Å². The summed E-state index contributed by atoms with van der Waals surface area (Å²) in [4.78, 5) is 11.5. The number of rotatable bonds is 2. The molecule has 0 spiro atoms. The van der Waals surface area contributed by atoms with E-state index in [0.717, 1.165) is 0 Å². The molecule has 0 aromatic carbocycles. The number of carbonyl (C=O) groups excluding carboxylic acids is 1. The van der Waals surface area contributed by atoms with Crippen molar-refractivity contribution in [3.63, 3.8) is 0 Å². The Labute approximate surface area is 112 Å². The number of esters is 1. The number of hydrogen-bond acceptors (Lipinski definition) is 2. The van der Waals surface area contributed by atoms with Crippen molar-refractivity contribution in [2.75, 3.05) is 0 Å². The summed E-state index contributed by atoms with van der Waals surface area (Å²) in [6, 6.07) is 0. The summed E-state index contributed by atoms with van der Waals surface area (Å²) in [7, 11) is 0. The van der Waals surface area contributed by atoms with Crippen molar-refractivity contribution in [1.29, 1.82) is 0 Å². The summed E-state index contributed by atoms with van der Waals surface area (Å²) in [6.07, 6.45) is -14.3. The van der Waals surface area contributed by atoms with E-state index < -0.39 is 30.3 Å². The Balaban J connectivity index is 2.73. The lowest BCUT2D eigenvalue weighted by atomic mass is 9.76. The van der Waals surface area contributed by atoms with Crippen LogP contribution >= 0.6 is 0 Å². The van der Waals surface area contributed by atoms with Gasteiger partial charge in [0.05, 0.1) is 5.92 Å². The summed E-state index contributed by atoms with van der Waals surface area (Å²) in [5.41, 5.74) is 0. The molecule has 0 radical (unpaired) electrons. The van der Waals surface area contributed by atoms with Gasteiger partial charge in [-0.1, -0.05) is 13.8 Å². The van der Waals surface area contributed by atoms with E-state index in [9.17, 15) is 31.1 Å². The predicted molar refractivity (Wildman–Crippen MR) is 57.7 cm³/mol. The molecule has 0 aromatic heterocycles. The van der Waals surface area contributed by atoms with Crippen LogP contribution < -0.4 is 0 Å². The van der Waals surface area contributed by atoms with Gasteiger partial charge < -0.3 is 4.74 Å². The van der Waals surface area contributed by atoms with Crippen molar-refractivity contribution in [2.24, 2.45) is 17.8 Å². The maximum absolute atomic E-state index is 12.3. The molecule has 1 fully saturated rings. The number of carbonyl (C=O) groups is 1. The van der Waals surface area contributed by atoms with Crippen LogP contribution in [0.4, 0.5) is 26.3 Å². The molecule has 3 unspecified atom stereocenters. The monoisotopic (exact) mass is 306 g/mol. The molecule has 0 N–H and O–H groups in total. The van der Waals surface area contributed by atoms with Gasteiger partial charge in [-0.3, -0.25) is 4.79 Å². The van der Waals surface area contributed by atoms with Crippen LogP contribution in [0.5, 0.6) is 0 Å². The van der Waals surface area contributed by atoms with E-state index >= 15 is 0 Å². The van der Waals surface area contributed by atoms with Crippen LogP contribution in [0.15, 0.2) is 0 Å². The molecule has 0 saturated heterocycles. The van der Waals surface area contributed by atoms with Gasteiger partial charge in [0.15, 0.2) is 0 Å². The van der Waals surface area contributed by atoms with E-state index in [2.05, 4.69) is 4.74 Å². The molecule has 1 rings (SSSR count). The third-order valence-corrected chi connectivity index (χ3v) is 3.76. The second-order valence-electron chi connectivity index (χ2n) is 5.36. The Morgan fingerprint density at radius 2 is 1.50 bits per heavy atom. The van der Waals surface area contributed by atoms with E-state index in [1.165, 1.54) is 0 Å². The number of ether oxygens (including phenoxy) is 1. The zero-order valence-electron chi connectivity index (χ0n) is 11.0. The standard InChI is InChI=1S/C12H16F6O2/c1-6-3-4-8(5-7(6)2)9(19)20-10(11(13,14)15)12(16,17)18/h6-8,10H,3-5H2,1-2H3. The number of halogens is 6. The zero-order chi connectivity index (χ0) is 15.7. The normalized spacial score (nSPS) is 28.6. The third-order valence-electron chi connectivity index (χ3n) is 3.76. The van der Waals surface area contributed by atoms with Crippen LogP contribution in [0.2, 0.25) is 0 Å². The Bertz CT molecular complexity index is 335. The summed E-state index contributed by atoms with van der Waals surface area (Å²) in [6.45, 7) is 3.75. The Hall–Kier alpha value is -0.950. The van der Waals surface area contributed by atoms with Crippen molar-refractivity contribution in [3.05, 3.63) is 0 Å². The van der Waals surface area contributed by atoms with E-state index in [1.54, 1.807) is 0 Å². The average Bonchev–Trinajstić information content (AvgIpc) is 2.26. The highest BCUT2D eigenvalue weighted by atomic mass is 19.4. The fraction of sp³-hybridized carbons (Fsp3) is 0.917. The molecule has 0 heterocycles. The summed E-state index contributed by atoms with van der Waals surface area (Å²) >= 11 is 0. The van der Waals surface area contributed by atoms with Crippen LogP contribution in [-0.4, -0.2) is 24.4 Å². The second-order valence-corrected chi connectivity index (χ2v) is 5.36. The Kier molecular flexibility index (Phi) is 4.97. The summed E-state index contributed by atoms with van der Waals surface area (Å²) in [5.74, 6) is -1.95. The van der Waals surface area contributed by atoms with Crippen molar-refractivity contribution in [2.45, 2.75) is 51.6 Å². The van der Waals surface area contributed by atoms with Gasteiger partial charge in [0.1, 0.15) is 0 Å². The molecule has 20 heavy (non-hydrogen) atoms. The SMILES string of the molecule is CC1CCC(C(=O)OC(C(F)(F)F)C(F)(F)F)CC1C. The highest BCUT2D eigenvalue weighted by Crippen LogP contribution is 2.38. The first-order valence-electron chi connectivity index (χ1n) is 6.26. The van der Waals surface area contributed by atoms with Gasteiger partial charge >= 0.3 is 18.3 Å². The molecule has 8 heteroatoms. The highest BCUT2D eigenvalue weighted by molar-refractivity contribution is 5.72. The van der Waals surface area contributed by atoms with E-state index in [4.69, 9.17) is 0 Å². The molecule has 1 saturated carbocycles. The lowest BCUT2D eigenvalue weighted by molar-refractivity contribution is -0.314. The maximum atomic E-state index is 12.3. The number of hydrogen-bond donors (Lipinski definition) is 0. The zero-order valence-corrected chi connectivity index (χ0v) is 11.0. The lowest BCUT2D eigenvalue weighted by Gasteiger charge is -2.32. The van der Waals surface area contributed by atoms with Crippen LogP contribution in [0, 0.1) is 17.8 Å². The van der Waals surface area contributed by atoms with Gasteiger partial charge in [-0.05, 0) is 31.1 Å². The van der Waals surface area contributed by atoms with Crippen LogP contribution in [0.1, 0.15) is 33.1 Å². The topological polar surface area (TPSA) is 26.3 Å². The van der Waals surface area contributed by atoms with Crippen molar-refractivity contribution < 1.29 is 35.9 Å². The maximum Gasteiger partial charge on any atom is 0.434 e. The van der Waals surface area contributed by atoms with Crippen LogP contribution in [0.3, 0.4) is 0 Å². The summed E-state index contributed by atoms with van der Waals surface area (Å²) < 4.78 is 77.4. The number of alkyl halides is 6. The van der Waals surface area contributed by atoms with E-state index in [-0.39, 0.29) is 18.8 Å². The first-order chi connectivity index (χ1) is 8.93. The highest BCUT2D eigenvalue weighted by Gasteiger charge is 2.60. The molecule has 0 aromatic rings. The average molecular weight is 306 g/mol. The lowest BCUT2D eigenvalue weighted by Crippen LogP contribution is -2.46. The minimum atomic E-state index is -5.65. The Morgan fingerprint density at radius 3 is 1.90 bits per heavy atom. The first-order valence-corrected chi connectivity index (χ1v) is 6.26. The second kappa shape index (κ2) is 5.81. The van der Waals surface area contributed by atoms with Gasteiger partial charge in [0.25, 0.3) is 6.10 Å². The van der Waals surface area contributed by atoms with Gasteiger partial charge in [-0.15, -0.1) is 0 Å². The minimum absolute atomic E-state index is 0.0662. The van der Waals surface area contributed by atoms with Gasteiger partial charge in [0.2, 0.25) is 0 Å². The van der Waals surface area contributed by atoms with E-state index in [1.807, 2.05) is 13.8 Å². The Morgan fingerprint density at radius 1 is 1.00 bits per heavy atom. The quantitative estimate of drug-likeness (QED) is 0.567. The fourth-order valence-corrected chi connectivity index (χ4v) is 2.29. The molecule has 0 bridgehead atoms. The fourth-order valence-electron chi connectivity index (χ4n) is 2.29. The molecular weight excluding hydrogens is 290 g/mol. The van der Waals surface area contributed by atoms with Crippen LogP contribution in [-0.2, 0) is 9.53 Å². The van der Waals surface area contributed by atoms with Crippen molar-refractivity contribution in [3.8, 4) is 0 Å².